The molecule has 0 saturated heterocycles. The van der Waals surface area contributed by atoms with Crippen LogP contribution in [0.3, 0.4) is 0 Å². The van der Waals surface area contributed by atoms with Gasteiger partial charge in [-0.1, -0.05) is 48.0 Å². The van der Waals surface area contributed by atoms with E-state index in [9.17, 15) is 0 Å². The van der Waals surface area contributed by atoms with Crippen LogP contribution in [-0.2, 0) is 13.2 Å². The van der Waals surface area contributed by atoms with E-state index in [2.05, 4.69) is 10.2 Å². The molecule has 0 unspecified atom stereocenters. The summed E-state index contributed by atoms with van der Waals surface area (Å²) in [4.78, 5) is 0. The molecule has 1 heterocycles. The van der Waals surface area contributed by atoms with Crippen LogP contribution in [0.25, 0.3) is 11.5 Å². The highest BCUT2D eigenvalue weighted by Gasteiger charge is 2.09. The molecule has 0 aliphatic rings. The topological polar surface area (TPSA) is 57.4 Å². The zero-order chi connectivity index (χ0) is 19.2. The third-order valence-electron chi connectivity index (χ3n) is 4.20. The smallest absolute Gasteiger partial charge is 0.254 e. The number of nitrogens with zero attached hydrogens (tertiary/aromatic N) is 2. The van der Waals surface area contributed by atoms with Gasteiger partial charge in [0.05, 0.1) is 0 Å². The van der Waals surface area contributed by atoms with Crippen molar-refractivity contribution in [3.8, 4) is 23.0 Å². The van der Waals surface area contributed by atoms with Crippen LogP contribution in [0.15, 0.2) is 83.3 Å². The second-order valence-corrected chi connectivity index (χ2v) is 6.40. The minimum atomic E-state index is 0.211. The summed E-state index contributed by atoms with van der Waals surface area (Å²) in [5, 5.41) is 8.12. The van der Waals surface area contributed by atoms with E-state index in [1.54, 1.807) is 0 Å². The van der Waals surface area contributed by atoms with E-state index in [-0.39, 0.29) is 6.61 Å². The summed E-state index contributed by atoms with van der Waals surface area (Å²) < 4.78 is 17.2. The maximum absolute atomic E-state index is 5.77. The number of hydrogen-bond acceptors (Lipinski definition) is 5. The van der Waals surface area contributed by atoms with E-state index < -0.39 is 0 Å². The maximum Gasteiger partial charge on any atom is 0.254 e. The molecule has 0 radical (unpaired) electrons. The standard InChI is InChI=1S/C23H20N2O3/c1-17-7-9-19(10-8-17)23-25-24-22(28-23)16-27-21-13-11-20(12-14-21)26-15-18-5-3-2-4-6-18/h2-14H,15-16H2,1H3. The first-order chi connectivity index (χ1) is 13.8. The van der Waals surface area contributed by atoms with Gasteiger partial charge in [0.2, 0.25) is 5.89 Å². The molecule has 5 heteroatoms. The normalized spacial score (nSPS) is 10.6. The highest BCUT2D eigenvalue weighted by atomic mass is 16.5. The summed E-state index contributed by atoms with van der Waals surface area (Å²) in [6.45, 7) is 2.78. The van der Waals surface area contributed by atoms with E-state index in [0.29, 0.717) is 24.1 Å². The van der Waals surface area contributed by atoms with Crippen molar-refractivity contribution in [1.82, 2.24) is 10.2 Å². The van der Waals surface area contributed by atoms with E-state index in [1.807, 2.05) is 85.8 Å². The summed E-state index contributed by atoms with van der Waals surface area (Å²) in [6.07, 6.45) is 0. The average molecular weight is 372 g/mol. The van der Waals surface area contributed by atoms with Gasteiger partial charge in [0.15, 0.2) is 6.61 Å². The predicted molar refractivity (Wildman–Crippen MR) is 106 cm³/mol. The Morgan fingerprint density at radius 2 is 1.36 bits per heavy atom. The molecule has 0 bridgehead atoms. The van der Waals surface area contributed by atoms with Gasteiger partial charge in [0, 0.05) is 5.56 Å². The number of aromatic nitrogens is 2. The fourth-order valence-corrected chi connectivity index (χ4v) is 2.64. The zero-order valence-electron chi connectivity index (χ0n) is 15.5. The Balaban J connectivity index is 1.31. The van der Waals surface area contributed by atoms with Gasteiger partial charge in [-0.3, -0.25) is 0 Å². The molecule has 0 N–H and O–H groups in total. The van der Waals surface area contributed by atoms with Crippen LogP contribution in [0.4, 0.5) is 0 Å². The molecule has 140 valence electrons. The van der Waals surface area contributed by atoms with Crippen LogP contribution in [-0.4, -0.2) is 10.2 Å². The van der Waals surface area contributed by atoms with Gasteiger partial charge < -0.3 is 13.9 Å². The first-order valence-corrected chi connectivity index (χ1v) is 9.05. The maximum atomic E-state index is 5.77. The lowest BCUT2D eigenvalue weighted by atomic mass is 10.1. The SMILES string of the molecule is Cc1ccc(-c2nnc(COc3ccc(OCc4ccccc4)cc3)o2)cc1. The van der Waals surface area contributed by atoms with Crippen molar-refractivity contribution in [3.63, 3.8) is 0 Å². The van der Waals surface area contributed by atoms with Crippen LogP contribution in [0.2, 0.25) is 0 Å². The van der Waals surface area contributed by atoms with Crippen LogP contribution in [0.5, 0.6) is 11.5 Å². The Kier molecular flexibility index (Phi) is 5.33. The van der Waals surface area contributed by atoms with E-state index in [4.69, 9.17) is 13.9 Å². The lowest BCUT2D eigenvalue weighted by Gasteiger charge is -2.08. The van der Waals surface area contributed by atoms with Gasteiger partial charge in [0.25, 0.3) is 5.89 Å². The Hall–Kier alpha value is -3.60. The molecule has 0 atom stereocenters. The largest absolute Gasteiger partial charge is 0.489 e. The average Bonchev–Trinajstić information content (AvgIpc) is 3.22. The second-order valence-electron chi connectivity index (χ2n) is 6.40. The Bertz CT molecular complexity index is 1010. The number of ether oxygens (including phenoxy) is 2. The zero-order valence-corrected chi connectivity index (χ0v) is 15.5. The first kappa shape index (κ1) is 17.8. The molecule has 28 heavy (non-hydrogen) atoms. The summed E-state index contributed by atoms with van der Waals surface area (Å²) in [6, 6.07) is 25.5. The third kappa shape index (κ3) is 4.57. The van der Waals surface area contributed by atoms with Gasteiger partial charge in [-0.25, -0.2) is 0 Å². The number of rotatable bonds is 7. The number of aryl methyl sites for hydroxylation is 1. The van der Waals surface area contributed by atoms with Crippen molar-refractivity contribution in [2.24, 2.45) is 0 Å². The van der Waals surface area contributed by atoms with Crippen LogP contribution < -0.4 is 9.47 Å². The van der Waals surface area contributed by atoms with Crippen LogP contribution in [0, 0.1) is 6.92 Å². The van der Waals surface area contributed by atoms with Crippen molar-refractivity contribution in [2.45, 2.75) is 20.1 Å². The predicted octanol–water partition coefficient (Wildman–Crippen LogP) is 5.20. The van der Waals surface area contributed by atoms with Crippen molar-refractivity contribution in [2.75, 3.05) is 0 Å². The molecule has 0 aliphatic heterocycles. The highest BCUT2D eigenvalue weighted by molar-refractivity contribution is 5.52. The molecule has 0 aliphatic carbocycles. The lowest BCUT2D eigenvalue weighted by molar-refractivity contribution is 0.263. The van der Waals surface area contributed by atoms with E-state index in [1.165, 1.54) is 5.56 Å². The van der Waals surface area contributed by atoms with Gasteiger partial charge >= 0.3 is 0 Å². The lowest BCUT2D eigenvalue weighted by Crippen LogP contribution is -1.97. The van der Waals surface area contributed by atoms with Crippen molar-refractivity contribution in [1.29, 1.82) is 0 Å². The molecule has 4 aromatic rings. The van der Waals surface area contributed by atoms with Gasteiger partial charge in [-0.2, -0.15) is 0 Å². The third-order valence-corrected chi connectivity index (χ3v) is 4.20. The van der Waals surface area contributed by atoms with Crippen LogP contribution >= 0.6 is 0 Å². The van der Waals surface area contributed by atoms with Crippen molar-refractivity contribution >= 4 is 0 Å². The Labute approximate surface area is 163 Å². The summed E-state index contributed by atoms with van der Waals surface area (Å²) in [5.74, 6) is 2.42. The minimum absolute atomic E-state index is 0.211. The van der Waals surface area contributed by atoms with Gasteiger partial charge in [-0.15, -0.1) is 10.2 Å². The Morgan fingerprint density at radius 1 is 0.714 bits per heavy atom. The monoisotopic (exact) mass is 372 g/mol. The van der Waals surface area contributed by atoms with E-state index in [0.717, 1.165) is 16.9 Å². The van der Waals surface area contributed by atoms with Gasteiger partial charge in [-0.05, 0) is 48.9 Å². The van der Waals surface area contributed by atoms with Crippen LogP contribution in [0.1, 0.15) is 17.0 Å². The second kappa shape index (κ2) is 8.39. The molecular weight excluding hydrogens is 352 g/mol. The molecule has 0 saturated carbocycles. The fraction of sp³-hybridized carbons (Fsp3) is 0.130. The molecule has 0 fully saturated rings. The molecule has 0 spiro atoms. The molecule has 3 aromatic carbocycles. The first-order valence-electron chi connectivity index (χ1n) is 9.05. The van der Waals surface area contributed by atoms with Gasteiger partial charge in [0.1, 0.15) is 18.1 Å². The summed E-state index contributed by atoms with van der Waals surface area (Å²) in [7, 11) is 0. The fourth-order valence-electron chi connectivity index (χ4n) is 2.64. The molecule has 4 rings (SSSR count). The molecule has 5 nitrogen and oxygen atoms in total. The Morgan fingerprint density at radius 3 is 2.04 bits per heavy atom. The molecular formula is C23H20N2O3. The quantitative estimate of drug-likeness (QED) is 0.446. The summed E-state index contributed by atoms with van der Waals surface area (Å²) in [5.41, 5.74) is 3.20. The minimum Gasteiger partial charge on any atom is -0.489 e. The highest BCUT2D eigenvalue weighted by Crippen LogP contribution is 2.21. The number of hydrogen-bond donors (Lipinski definition) is 0. The van der Waals surface area contributed by atoms with E-state index >= 15 is 0 Å². The molecule has 1 aromatic heterocycles. The number of benzene rings is 3. The van der Waals surface area contributed by atoms with Crippen molar-refractivity contribution in [3.05, 3.63) is 95.9 Å². The molecule has 0 amide bonds. The summed E-state index contributed by atoms with van der Waals surface area (Å²) >= 11 is 0. The van der Waals surface area contributed by atoms with Crippen molar-refractivity contribution < 1.29 is 13.9 Å².